The molecule has 4 nitrogen and oxygen atoms in total. The molecule has 0 rings (SSSR count). The van der Waals surface area contributed by atoms with Gasteiger partial charge in [-0.15, -0.1) is 0 Å². The first-order valence-electron chi connectivity index (χ1n) is 2.41. The van der Waals surface area contributed by atoms with Crippen molar-refractivity contribution in [2.75, 3.05) is 12.5 Å². The molecular formula is C4H8O4P+. The van der Waals surface area contributed by atoms with Crippen LogP contribution in [0.3, 0.4) is 0 Å². The molecule has 0 amide bonds. The lowest BCUT2D eigenvalue weighted by Gasteiger charge is -1.80. The molecule has 0 bridgehead atoms. The van der Waals surface area contributed by atoms with Crippen molar-refractivity contribution < 1.29 is 19.6 Å². The van der Waals surface area contributed by atoms with Crippen molar-refractivity contribution in [2.24, 2.45) is 0 Å². The number of aliphatic hydroxyl groups is 1. The van der Waals surface area contributed by atoms with Crippen molar-refractivity contribution in [3.63, 3.8) is 0 Å². The third kappa shape index (κ3) is 5.40. The first-order valence-corrected chi connectivity index (χ1v) is 4.04. The van der Waals surface area contributed by atoms with Crippen LogP contribution in [0.2, 0.25) is 0 Å². The van der Waals surface area contributed by atoms with Crippen LogP contribution >= 0.6 is 7.80 Å². The third-order valence-corrected chi connectivity index (χ3v) is 1.77. The first kappa shape index (κ1) is 8.53. The summed E-state index contributed by atoms with van der Waals surface area (Å²) in [6.45, 7) is 0. The molecule has 0 aromatic rings. The quantitative estimate of drug-likeness (QED) is 0.564. The van der Waals surface area contributed by atoms with E-state index in [-0.39, 0.29) is 12.6 Å². The highest BCUT2D eigenvalue weighted by molar-refractivity contribution is 7.44. The van der Waals surface area contributed by atoms with Crippen molar-refractivity contribution >= 4 is 13.8 Å². The van der Waals surface area contributed by atoms with Crippen LogP contribution in [0, 0.1) is 0 Å². The lowest BCUT2D eigenvalue weighted by molar-refractivity contribution is -0.136. The Bertz CT molecular complexity index is 122. The maximum atomic E-state index is 10.4. The first-order chi connectivity index (χ1) is 4.16. The number of hydrogen-bond donors (Lipinski definition) is 2. The predicted octanol–water partition coefficient (Wildman–Crippen LogP) is 0.238. The summed E-state index contributed by atoms with van der Waals surface area (Å²) < 4.78 is 10.4. The van der Waals surface area contributed by atoms with Crippen molar-refractivity contribution in [3.05, 3.63) is 0 Å². The summed E-state index contributed by atoms with van der Waals surface area (Å²) in [5.41, 5.74) is 0. The molecule has 0 aliphatic heterocycles. The second-order valence-electron chi connectivity index (χ2n) is 1.49. The Morgan fingerprint density at radius 1 is 1.56 bits per heavy atom. The molecule has 0 aliphatic carbocycles. The summed E-state index contributed by atoms with van der Waals surface area (Å²) in [6, 6.07) is 0. The average Bonchev–Trinajstić information content (AvgIpc) is 1.83. The van der Waals surface area contributed by atoms with Gasteiger partial charge in [0.1, 0.15) is 0 Å². The summed E-state index contributed by atoms with van der Waals surface area (Å²) >= 11 is 0. The summed E-state index contributed by atoms with van der Waals surface area (Å²) in [6.07, 6.45) is -0.473. The van der Waals surface area contributed by atoms with Gasteiger partial charge in [-0.3, -0.25) is 4.79 Å². The van der Waals surface area contributed by atoms with Crippen molar-refractivity contribution in [1.82, 2.24) is 0 Å². The lowest BCUT2D eigenvalue weighted by atomic mass is 10.5. The van der Waals surface area contributed by atoms with Gasteiger partial charge in [-0.1, -0.05) is 4.57 Å². The number of aliphatic hydroxyl groups excluding tert-OH is 1. The van der Waals surface area contributed by atoms with Gasteiger partial charge in [0.2, 0.25) is 6.35 Å². The molecule has 2 N–H and O–H groups in total. The number of rotatable bonds is 4. The van der Waals surface area contributed by atoms with E-state index < -0.39 is 20.1 Å². The molecule has 5 heteroatoms. The van der Waals surface area contributed by atoms with Gasteiger partial charge in [0.25, 0.3) is 0 Å². The Balaban J connectivity index is 3.28. The summed E-state index contributed by atoms with van der Waals surface area (Å²) in [4.78, 5) is 9.81. The van der Waals surface area contributed by atoms with Crippen LogP contribution in [0.1, 0.15) is 6.42 Å². The highest BCUT2D eigenvalue weighted by atomic mass is 31.1. The molecule has 0 fully saturated rings. The van der Waals surface area contributed by atoms with Crippen molar-refractivity contribution in [3.8, 4) is 0 Å². The molecule has 0 radical (unpaired) electrons. The minimum atomic E-state index is -1.69. The molecule has 52 valence electrons. The fourth-order valence-corrected chi connectivity index (χ4v) is 0.873. The van der Waals surface area contributed by atoms with Gasteiger partial charge in [-0.2, -0.15) is 0 Å². The van der Waals surface area contributed by atoms with E-state index in [1.54, 1.807) is 0 Å². The molecule has 0 heterocycles. The van der Waals surface area contributed by atoms with E-state index in [4.69, 9.17) is 10.2 Å². The van der Waals surface area contributed by atoms with Crippen LogP contribution in [0.4, 0.5) is 0 Å². The lowest BCUT2D eigenvalue weighted by Crippen LogP contribution is -1.96. The molecule has 9 heavy (non-hydrogen) atoms. The summed E-state index contributed by atoms with van der Waals surface area (Å²) in [7, 11) is -1.69. The van der Waals surface area contributed by atoms with Crippen molar-refractivity contribution in [2.45, 2.75) is 6.42 Å². The highest BCUT2D eigenvalue weighted by Crippen LogP contribution is 2.18. The largest absolute Gasteiger partial charge is 0.481 e. The fraction of sp³-hybridized carbons (Fsp3) is 0.750. The molecule has 0 aliphatic rings. The van der Waals surface area contributed by atoms with Crippen LogP contribution in [-0.2, 0) is 9.36 Å². The second-order valence-corrected chi connectivity index (χ2v) is 3.18. The van der Waals surface area contributed by atoms with Gasteiger partial charge in [0.15, 0.2) is 6.16 Å². The molecule has 0 aromatic carbocycles. The number of aliphatic carboxylic acids is 1. The van der Waals surface area contributed by atoms with Gasteiger partial charge < -0.3 is 10.2 Å². The minimum absolute atomic E-state index is 0.0706. The van der Waals surface area contributed by atoms with Gasteiger partial charge in [-0.05, 0) is 0 Å². The maximum Gasteiger partial charge on any atom is 0.367 e. The topological polar surface area (TPSA) is 74.6 Å². The Morgan fingerprint density at radius 2 is 2.11 bits per heavy atom. The number of carboxylic acids is 1. The van der Waals surface area contributed by atoms with Crippen LogP contribution in [0.25, 0.3) is 0 Å². The van der Waals surface area contributed by atoms with Crippen LogP contribution in [-0.4, -0.2) is 28.7 Å². The Hall–Kier alpha value is -0.470. The smallest absolute Gasteiger partial charge is 0.367 e. The molecular weight excluding hydrogens is 143 g/mol. The zero-order valence-electron chi connectivity index (χ0n) is 4.78. The SMILES string of the molecule is O=C(O)CC[P+](=O)CO. The van der Waals surface area contributed by atoms with Gasteiger partial charge in [0.05, 0.1) is 6.42 Å². The van der Waals surface area contributed by atoms with E-state index in [1.807, 2.05) is 0 Å². The molecule has 0 saturated carbocycles. The Morgan fingerprint density at radius 3 is 2.44 bits per heavy atom. The zero-order valence-corrected chi connectivity index (χ0v) is 5.67. The van der Waals surface area contributed by atoms with E-state index in [2.05, 4.69) is 0 Å². The van der Waals surface area contributed by atoms with Gasteiger partial charge >= 0.3 is 13.8 Å². The van der Waals surface area contributed by atoms with Crippen LogP contribution in [0.5, 0.6) is 0 Å². The van der Waals surface area contributed by atoms with E-state index in [1.165, 1.54) is 0 Å². The third-order valence-electron chi connectivity index (χ3n) is 0.733. The standard InChI is InChI=1S/C4H7O4P/c5-3-9(8)2-1-4(6)7/h5H,1-3H2/p+1. The summed E-state index contributed by atoms with van der Waals surface area (Å²) in [5, 5.41) is 16.2. The molecule has 0 spiro atoms. The molecule has 1 unspecified atom stereocenters. The van der Waals surface area contributed by atoms with Gasteiger partial charge in [0, 0.05) is 0 Å². The fourth-order valence-electron chi connectivity index (χ4n) is 0.291. The summed E-state index contributed by atoms with van der Waals surface area (Å²) in [5.74, 6) is -0.980. The van der Waals surface area contributed by atoms with Crippen molar-refractivity contribution in [1.29, 1.82) is 0 Å². The number of carboxylic acid groups (broad SMARTS) is 1. The Kier molecular flexibility index (Phi) is 4.18. The van der Waals surface area contributed by atoms with Crippen LogP contribution in [0.15, 0.2) is 0 Å². The van der Waals surface area contributed by atoms with Crippen LogP contribution < -0.4 is 0 Å². The zero-order chi connectivity index (χ0) is 7.28. The molecule has 0 saturated heterocycles. The van der Waals surface area contributed by atoms with E-state index in [9.17, 15) is 9.36 Å². The monoisotopic (exact) mass is 151 g/mol. The Labute approximate surface area is 53.3 Å². The predicted molar refractivity (Wildman–Crippen MR) is 31.8 cm³/mol. The average molecular weight is 151 g/mol. The maximum absolute atomic E-state index is 10.4. The highest BCUT2D eigenvalue weighted by Gasteiger charge is 2.13. The van der Waals surface area contributed by atoms with Gasteiger partial charge in [-0.25, -0.2) is 0 Å². The number of hydrogen-bond acceptors (Lipinski definition) is 3. The normalized spacial score (nSPS) is 11.0. The molecule has 0 aromatic heterocycles. The second kappa shape index (κ2) is 4.41. The molecule has 1 atom stereocenters. The number of carbonyl (C=O) groups is 1. The van der Waals surface area contributed by atoms with E-state index >= 15 is 0 Å². The van der Waals surface area contributed by atoms with E-state index in [0.29, 0.717) is 0 Å². The van der Waals surface area contributed by atoms with E-state index in [0.717, 1.165) is 0 Å². The minimum Gasteiger partial charge on any atom is -0.481 e.